The van der Waals surface area contributed by atoms with E-state index in [2.05, 4.69) is 16.4 Å². The number of carbonyl (C=O) groups is 1. The Morgan fingerprint density at radius 3 is 2.67 bits per heavy atom. The van der Waals surface area contributed by atoms with Gasteiger partial charge in [-0.1, -0.05) is 23.6 Å². The van der Waals surface area contributed by atoms with Gasteiger partial charge in [-0.05, 0) is 37.6 Å². The Kier molecular flexibility index (Phi) is 3.08. The van der Waals surface area contributed by atoms with Crippen LogP contribution in [0.4, 0.5) is 0 Å². The molecule has 0 spiro atoms. The first-order chi connectivity index (χ1) is 10.1. The van der Waals surface area contributed by atoms with Crippen LogP contribution < -0.4 is 5.43 Å². The van der Waals surface area contributed by atoms with Crippen LogP contribution in [0, 0.1) is 0 Å². The number of benzene rings is 1. The predicted molar refractivity (Wildman–Crippen MR) is 82.4 cm³/mol. The Bertz CT molecular complexity index is 960. The molecule has 1 heterocycles. The Labute approximate surface area is 121 Å². The summed E-state index contributed by atoms with van der Waals surface area (Å²) in [6, 6.07) is 7.13. The number of carbonyl (C=O) groups excluding carboxylic acids is 1. The summed E-state index contributed by atoms with van der Waals surface area (Å²) in [6.07, 6.45) is 3.21. The Balaban J connectivity index is 2.19. The first-order valence-electron chi connectivity index (χ1n) is 6.64. The molecular formula is C18H13NO2. The van der Waals surface area contributed by atoms with Gasteiger partial charge < -0.3 is 4.98 Å². The van der Waals surface area contributed by atoms with Crippen molar-refractivity contribution in [2.45, 2.75) is 13.8 Å². The van der Waals surface area contributed by atoms with Gasteiger partial charge in [0.15, 0.2) is 0 Å². The number of hydrogen-bond acceptors (Lipinski definition) is 2. The maximum absolute atomic E-state index is 12.5. The first kappa shape index (κ1) is 13.1. The van der Waals surface area contributed by atoms with Crippen molar-refractivity contribution in [3.05, 3.63) is 80.5 Å². The highest BCUT2D eigenvalue weighted by molar-refractivity contribution is 6.11. The van der Waals surface area contributed by atoms with E-state index in [0.717, 1.165) is 16.7 Å². The van der Waals surface area contributed by atoms with Gasteiger partial charge in [0.25, 0.3) is 0 Å². The van der Waals surface area contributed by atoms with Crippen LogP contribution in [0.1, 0.15) is 24.2 Å². The number of nitrogens with one attached hydrogen (secondary N) is 1. The fraction of sp³-hybridized carbons (Fsp3) is 0.111. The third-order valence-electron chi connectivity index (χ3n) is 3.61. The van der Waals surface area contributed by atoms with Crippen molar-refractivity contribution in [2.75, 3.05) is 0 Å². The zero-order valence-corrected chi connectivity index (χ0v) is 11.8. The van der Waals surface area contributed by atoms with Crippen LogP contribution >= 0.6 is 0 Å². The number of pyridine rings is 1. The molecule has 1 aliphatic carbocycles. The molecule has 3 rings (SSSR count). The minimum Gasteiger partial charge on any atom is -0.360 e. The van der Waals surface area contributed by atoms with E-state index in [0.29, 0.717) is 11.0 Å². The van der Waals surface area contributed by atoms with Crippen LogP contribution in [-0.2, 0) is 0 Å². The van der Waals surface area contributed by atoms with Gasteiger partial charge in [0, 0.05) is 22.7 Å². The van der Waals surface area contributed by atoms with E-state index >= 15 is 0 Å². The van der Waals surface area contributed by atoms with Crippen molar-refractivity contribution in [1.82, 2.24) is 4.98 Å². The summed E-state index contributed by atoms with van der Waals surface area (Å²) < 4.78 is 0. The highest BCUT2D eigenvalue weighted by Crippen LogP contribution is 2.17. The van der Waals surface area contributed by atoms with Gasteiger partial charge in [0.1, 0.15) is 0 Å². The zero-order chi connectivity index (χ0) is 15.0. The summed E-state index contributed by atoms with van der Waals surface area (Å²) in [4.78, 5) is 27.9. The summed E-state index contributed by atoms with van der Waals surface area (Å²) in [5.41, 5.74) is 8.58. The summed E-state index contributed by atoms with van der Waals surface area (Å²) in [6.45, 7) is 3.81. The second kappa shape index (κ2) is 4.92. The standard InChI is InChI=1S/C18H13NO2/c1-11-7-8-13(9-12(11)2)17(20)15-10-19-16-6-4-3-5-14(16)18(15)21/h3-6,9-10H,1-2H3,(H,19,21). The molecule has 1 N–H and O–H groups in total. The Morgan fingerprint density at radius 2 is 1.90 bits per heavy atom. The van der Waals surface area contributed by atoms with Crippen LogP contribution in [0.25, 0.3) is 10.9 Å². The molecule has 0 bridgehead atoms. The van der Waals surface area contributed by atoms with E-state index < -0.39 is 0 Å². The molecule has 1 aliphatic rings. The third kappa shape index (κ3) is 2.21. The van der Waals surface area contributed by atoms with Gasteiger partial charge in [-0.15, -0.1) is 0 Å². The summed E-state index contributed by atoms with van der Waals surface area (Å²) in [5.74, 6) is -0.332. The molecule has 3 heteroatoms. The fourth-order valence-corrected chi connectivity index (χ4v) is 2.22. The van der Waals surface area contributed by atoms with E-state index in [9.17, 15) is 9.59 Å². The molecule has 1 aromatic heterocycles. The molecule has 1 aromatic carbocycles. The lowest BCUT2D eigenvalue weighted by molar-refractivity contribution is 0.103. The molecule has 0 radical (unpaired) electrons. The molecule has 0 fully saturated rings. The van der Waals surface area contributed by atoms with Crippen molar-refractivity contribution in [2.24, 2.45) is 0 Å². The highest BCUT2D eigenvalue weighted by Gasteiger charge is 2.17. The van der Waals surface area contributed by atoms with Crippen LogP contribution in [0.3, 0.4) is 0 Å². The monoisotopic (exact) mass is 275 g/mol. The number of para-hydroxylation sites is 1. The lowest BCUT2D eigenvalue weighted by Gasteiger charge is -2.05. The summed E-state index contributed by atoms with van der Waals surface area (Å²) >= 11 is 0. The van der Waals surface area contributed by atoms with Gasteiger partial charge in [-0.25, -0.2) is 0 Å². The molecule has 2 aromatic rings. The van der Waals surface area contributed by atoms with E-state index in [-0.39, 0.29) is 16.8 Å². The number of aromatic amines is 1. The first-order valence-corrected chi connectivity index (χ1v) is 6.64. The molecule has 0 unspecified atom stereocenters. The normalized spacial score (nSPS) is 13.7. The number of hydrogen-bond donors (Lipinski definition) is 1. The SMILES string of the molecule is CC1=C=C=C(C(=O)c2c[nH]c3ccccc3c2=O)C=C1C. The molecule has 0 atom stereocenters. The van der Waals surface area contributed by atoms with Crippen LogP contribution in [0.2, 0.25) is 0 Å². The predicted octanol–water partition coefficient (Wildman–Crippen LogP) is 3.30. The minimum atomic E-state index is -0.332. The van der Waals surface area contributed by atoms with Crippen LogP contribution in [-0.4, -0.2) is 10.8 Å². The molecule has 0 saturated carbocycles. The van der Waals surface area contributed by atoms with E-state index in [1.807, 2.05) is 19.9 Å². The molecule has 102 valence electrons. The van der Waals surface area contributed by atoms with Crippen molar-refractivity contribution in [3.63, 3.8) is 0 Å². The molecule has 0 aliphatic heterocycles. The highest BCUT2D eigenvalue weighted by atomic mass is 16.1. The number of rotatable bonds is 2. The summed E-state index contributed by atoms with van der Waals surface area (Å²) in [7, 11) is 0. The van der Waals surface area contributed by atoms with Crippen molar-refractivity contribution < 1.29 is 4.79 Å². The van der Waals surface area contributed by atoms with Gasteiger partial charge in [-0.3, -0.25) is 9.59 Å². The maximum atomic E-state index is 12.5. The van der Waals surface area contributed by atoms with Crippen LogP contribution in [0.15, 0.2) is 69.5 Å². The molecule has 3 nitrogen and oxygen atoms in total. The maximum Gasteiger partial charge on any atom is 0.206 e. The van der Waals surface area contributed by atoms with Gasteiger partial charge in [-0.2, -0.15) is 0 Å². The second-order valence-corrected chi connectivity index (χ2v) is 5.02. The minimum absolute atomic E-state index is 0.126. The second-order valence-electron chi connectivity index (χ2n) is 5.02. The smallest absolute Gasteiger partial charge is 0.206 e. The van der Waals surface area contributed by atoms with Crippen molar-refractivity contribution in [1.29, 1.82) is 0 Å². The largest absolute Gasteiger partial charge is 0.360 e. The van der Waals surface area contributed by atoms with E-state index in [1.165, 1.54) is 6.20 Å². The van der Waals surface area contributed by atoms with Gasteiger partial charge in [0.05, 0.1) is 11.1 Å². The average molecular weight is 275 g/mol. The zero-order valence-electron chi connectivity index (χ0n) is 11.8. The third-order valence-corrected chi connectivity index (χ3v) is 3.61. The average Bonchev–Trinajstić information content (AvgIpc) is 2.50. The topological polar surface area (TPSA) is 49.9 Å². The van der Waals surface area contributed by atoms with E-state index in [4.69, 9.17) is 0 Å². The molecule has 0 saturated heterocycles. The number of allylic oxidation sites excluding steroid dienone is 4. The lowest BCUT2D eigenvalue weighted by Crippen LogP contribution is -2.17. The van der Waals surface area contributed by atoms with Gasteiger partial charge in [0.2, 0.25) is 11.2 Å². The van der Waals surface area contributed by atoms with Gasteiger partial charge >= 0.3 is 0 Å². The molecule has 0 amide bonds. The Hall–Kier alpha value is -2.86. The quantitative estimate of drug-likeness (QED) is 0.675. The number of ketones is 1. The molecular weight excluding hydrogens is 262 g/mol. The van der Waals surface area contributed by atoms with Crippen molar-refractivity contribution >= 4 is 16.7 Å². The number of Topliss-reactive ketones (excluding diaryl/α,β-unsaturated/α-hetero) is 1. The fourth-order valence-electron chi connectivity index (χ4n) is 2.22. The summed E-state index contributed by atoms with van der Waals surface area (Å²) in [5, 5.41) is 0.510. The number of aromatic nitrogens is 1. The van der Waals surface area contributed by atoms with Crippen molar-refractivity contribution in [3.8, 4) is 0 Å². The van der Waals surface area contributed by atoms with E-state index in [1.54, 1.807) is 24.3 Å². The number of H-pyrrole nitrogens is 1. The van der Waals surface area contributed by atoms with Crippen LogP contribution in [0.5, 0.6) is 0 Å². The molecule has 21 heavy (non-hydrogen) atoms. The lowest BCUT2D eigenvalue weighted by atomic mass is 9.97. The number of fused-ring (bicyclic) bond motifs is 1. The Morgan fingerprint density at radius 1 is 1.14 bits per heavy atom.